The zero-order valence-corrected chi connectivity index (χ0v) is 15.3. The van der Waals surface area contributed by atoms with E-state index in [1.807, 2.05) is 27.7 Å². The van der Waals surface area contributed by atoms with Crippen LogP contribution < -0.4 is 5.32 Å². The van der Waals surface area contributed by atoms with Crippen LogP contribution in [0.3, 0.4) is 0 Å². The van der Waals surface area contributed by atoms with E-state index in [4.69, 9.17) is 4.74 Å². The van der Waals surface area contributed by atoms with Gasteiger partial charge in [0.25, 0.3) is 0 Å². The van der Waals surface area contributed by atoms with Crippen LogP contribution in [0.2, 0.25) is 0 Å². The zero-order valence-electron chi connectivity index (χ0n) is 15.3. The molecule has 1 rings (SSSR count). The smallest absolute Gasteiger partial charge is 0.407 e. The average molecular weight is 321 g/mol. The topological polar surface area (TPSA) is 58.6 Å². The predicted octanol–water partition coefficient (Wildman–Crippen LogP) is 3.76. The number of nitrogens with one attached hydrogen (secondary N) is 1. The summed E-state index contributed by atoms with van der Waals surface area (Å²) >= 11 is 0. The second kappa shape index (κ2) is 7.82. The molecule has 1 atom stereocenters. The number of rotatable bonds is 6. The second-order valence-corrected chi connectivity index (χ2v) is 7.46. The van der Waals surface area contributed by atoms with Crippen molar-refractivity contribution < 1.29 is 14.6 Å². The Hall–Kier alpha value is -1.55. The Morgan fingerprint density at radius 1 is 1.22 bits per heavy atom. The molecule has 130 valence electrons. The standard InChI is InChI=1S/C19H31NO3/c1-7-19(13-21,12-20-17(22)23-18(4,5)6)11-16-9-8-14(2)15(3)10-16/h8-10,21H,7,11-13H2,1-6H3,(H,20,22). The van der Waals surface area contributed by atoms with Crippen LogP contribution >= 0.6 is 0 Å². The molecular weight excluding hydrogens is 290 g/mol. The number of aryl methyl sites for hydroxylation is 2. The average Bonchev–Trinajstić information content (AvgIpc) is 2.45. The van der Waals surface area contributed by atoms with Gasteiger partial charge in [0.2, 0.25) is 0 Å². The molecule has 23 heavy (non-hydrogen) atoms. The third-order valence-electron chi connectivity index (χ3n) is 4.24. The lowest BCUT2D eigenvalue weighted by Crippen LogP contribution is -2.43. The number of ether oxygens (including phenoxy) is 1. The van der Waals surface area contributed by atoms with Gasteiger partial charge in [-0.1, -0.05) is 25.1 Å². The van der Waals surface area contributed by atoms with E-state index < -0.39 is 11.7 Å². The molecule has 0 aromatic heterocycles. The number of hydrogen-bond acceptors (Lipinski definition) is 3. The molecule has 1 aromatic rings. The van der Waals surface area contributed by atoms with E-state index in [0.29, 0.717) is 6.54 Å². The number of carbonyl (C=O) groups excluding carboxylic acids is 1. The van der Waals surface area contributed by atoms with Crippen molar-refractivity contribution in [2.75, 3.05) is 13.2 Å². The first-order chi connectivity index (χ1) is 10.6. The first kappa shape index (κ1) is 19.5. The Labute approximate surface area is 140 Å². The van der Waals surface area contributed by atoms with Gasteiger partial charge in [0, 0.05) is 12.0 Å². The summed E-state index contributed by atoms with van der Waals surface area (Å²) in [6, 6.07) is 6.35. The molecule has 0 fully saturated rings. The van der Waals surface area contributed by atoms with E-state index in [-0.39, 0.29) is 12.0 Å². The van der Waals surface area contributed by atoms with Gasteiger partial charge in [0.15, 0.2) is 0 Å². The summed E-state index contributed by atoms with van der Waals surface area (Å²) in [7, 11) is 0. The molecule has 0 saturated heterocycles. The van der Waals surface area contributed by atoms with Crippen molar-refractivity contribution in [2.45, 2.75) is 60.0 Å². The molecule has 0 heterocycles. The Morgan fingerprint density at radius 3 is 2.35 bits per heavy atom. The van der Waals surface area contributed by atoms with Gasteiger partial charge in [-0.15, -0.1) is 0 Å². The Kier molecular flexibility index (Phi) is 6.63. The maximum Gasteiger partial charge on any atom is 0.407 e. The van der Waals surface area contributed by atoms with Gasteiger partial charge in [-0.3, -0.25) is 0 Å². The van der Waals surface area contributed by atoms with Crippen LogP contribution in [0.25, 0.3) is 0 Å². The molecule has 0 aliphatic rings. The quantitative estimate of drug-likeness (QED) is 0.839. The minimum absolute atomic E-state index is 0.0201. The summed E-state index contributed by atoms with van der Waals surface area (Å²) in [5, 5.41) is 12.7. The lowest BCUT2D eigenvalue weighted by Gasteiger charge is -2.32. The molecule has 0 spiro atoms. The maximum absolute atomic E-state index is 11.9. The Morgan fingerprint density at radius 2 is 1.87 bits per heavy atom. The molecule has 1 amide bonds. The highest BCUT2D eigenvalue weighted by molar-refractivity contribution is 5.67. The highest BCUT2D eigenvalue weighted by Gasteiger charge is 2.29. The molecule has 4 nitrogen and oxygen atoms in total. The number of amides is 1. The van der Waals surface area contributed by atoms with Gasteiger partial charge in [0.1, 0.15) is 5.60 Å². The molecule has 1 unspecified atom stereocenters. The van der Waals surface area contributed by atoms with E-state index in [2.05, 4.69) is 37.4 Å². The van der Waals surface area contributed by atoms with Crippen LogP contribution in [0.5, 0.6) is 0 Å². The summed E-state index contributed by atoms with van der Waals surface area (Å²) in [6.45, 7) is 12.1. The molecule has 0 aliphatic carbocycles. The van der Waals surface area contributed by atoms with Gasteiger partial charge in [-0.25, -0.2) is 4.79 Å². The molecule has 0 bridgehead atoms. The monoisotopic (exact) mass is 321 g/mol. The van der Waals surface area contributed by atoms with Crippen LogP contribution in [-0.2, 0) is 11.2 Å². The van der Waals surface area contributed by atoms with Crippen LogP contribution in [0.4, 0.5) is 4.79 Å². The van der Waals surface area contributed by atoms with Crippen molar-refractivity contribution in [3.05, 3.63) is 34.9 Å². The van der Waals surface area contributed by atoms with Crippen molar-refractivity contribution in [1.82, 2.24) is 5.32 Å². The molecule has 1 aromatic carbocycles. The van der Waals surface area contributed by atoms with Crippen molar-refractivity contribution in [3.63, 3.8) is 0 Å². The molecule has 4 heteroatoms. The summed E-state index contributed by atoms with van der Waals surface area (Å²) in [5.41, 5.74) is 2.78. The van der Waals surface area contributed by atoms with Gasteiger partial charge in [0.05, 0.1) is 6.61 Å². The summed E-state index contributed by atoms with van der Waals surface area (Å²) < 4.78 is 5.28. The summed E-state index contributed by atoms with van der Waals surface area (Å²) in [6.07, 6.45) is 1.05. The number of alkyl carbamates (subject to hydrolysis) is 1. The SMILES string of the molecule is CCC(CO)(CNC(=O)OC(C)(C)C)Cc1ccc(C)c(C)c1. The first-order valence-corrected chi connectivity index (χ1v) is 8.25. The fraction of sp³-hybridized carbons (Fsp3) is 0.632. The van der Waals surface area contributed by atoms with Crippen molar-refractivity contribution >= 4 is 6.09 Å². The van der Waals surface area contributed by atoms with E-state index in [9.17, 15) is 9.90 Å². The number of benzene rings is 1. The van der Waals surface area contributed by atoms with Crippen LogP contribution in [0.15, 0.2) is 18.2 Å². The number of carbonyl (C=O) groups is 1. The number of aliphatic hydroxyl groups excluding tert-OH is 1. The first-order valence-electron chi connectivity index (χ1n) is 8.25. The van der Waals surface area contributed by atoms with E-state index in [1.54, 1.807) is 0 Å². The van der Waals surface area contributed by atoms with Gasteiger partial charge in [-0.05, 0) is 64.2 Å². The van der Waals surface area contributed by atoms with Crippen molar-refractivity contribution in [2.24, 2.45) is 5.41 Å². The predicted molar refractivity (Wildman–Crippen MR) is 93.7 cm³/mol. The fourth-order valence-corrected chi connectivity index (χ4v) is 2.46. The number of hydrogen-bond donors (Lipinski definition) is 2. The van der Waals surface area contributed by atoms with E-state index >= 15 is 0 Å². The lowest BCUT2D eigenvalue weighted by molar-refractivity contribution is 0.0461. The minimum Gasteiger partial charge on any atom is -0.444 e. The summed E-state index contributed by atoms with van der Waals surface area (Å²) in [4.78, 5) is 11.9. The highest BCUT2D eigenvalue weighted by atomic mass is 16.6. The zero-order chi connectivity index (χ0) is 17.7. The Balaban J connectivity index is 2.78. The van der Waals surface area contributed by atoms with Crippen LogP contribution in [-0.4, -0.2) is 30.0 Å². The Bertz CT molecular complexity index is 528. The molecule has 0 saturated carbocycles. The fourth-order valence-electron chi connectivity index (χ4n) is 2.46. The normalized spacial score (nSPS) is 14.2. The highest BCUT2D eigenvalue weighted by Crippen LogP contribution is 2.27. The second-order valence-electron chi connectivity index (χ2n) is 7.46. The minimum atomic E-state index is -0.522. The molecule has 0 aliphatic heterocycles. The van der Waals surface area contributed by atoms with E-state index in [0.717, 1.165) is 12.8 Å². The summed E-state index contributed by atoms with van der Waals surface area (Å²) in [5.74, 6) is 0. The van der Waals surface area contributed by atoms with Crippen LogP contribution in [0, 0.1) is 19.3 Å². The van der Waals surface area contributed by atoms with Gasteiger partial charge in [-0.2, -0.15) is 0 Å². The molecular formula is C19H31NO3. The van der Waals surface area contributed by atoms with Crippen molar-refractivity contribution in [3.8, 4) is 0 Å². The number of aliphatic hydroxyl groups is 1. The van der Waals surface area contributed by atoms with Gasteiger partial charge >= 0.3 is 6.09 Å². The third kappa shape index (κ3) is 6.22. The maximum atomic E-state index is 11.9. The van der Waals surface area contributed by atoms with Crippen LogP contribution in [0.1, 0.15) is 50.8 Å². The van der Waals surface area contributed by atoms with Crippen molar-refractivity contribution in [1.29, 1.82) is 0 Å². The lowest BCUT2D eigenvalue weighted by atomic mass is 9.79. The van der Waals surface area contributed by atoms with Gasteiger partial charge < -0.3 is 15.2 Å². The third-order valence-corrected chi connectivity index (χ3v) is 4.24. The van der Waals surface area contributed by atoms with E-state index in [1.165, 1.54) is 16.7 Å². The molecule has 2 N–H and O–H groups in total. The molecule has 0 radical (unpaired) electrons. The largest absolute Gasteiger partial charge is 0.444 e.